The Morgan fingerprint density at radius 2 is 1.14 bits per heavy atom. The number of nitrogens with zero attached hydrogens (tertiary/aromatic N) is 2. The molecule has 4 aromatic carbocycles. The number of fused-ring (bicyclic) bond motifs is 2. The Hall–Kier alpha value is -2.24. The molecule has 0 aliphatic heterocycles. The summed E-state index contributed by atoms with van der Waals surface area (Å²) in [6.07, 6.45) is 13.9. The van der Waals surface area contributed by atoms with Gasteiger partial charge in [-0.3, -0.25) is 0 Å². The van der Waals surface area contributed by atoms with Gasteiger partial charge in [-0.15, -0.1) is 69.1 Å². The number of hydrogen-bond donors (Lipinski definition) is 0. The summed E-state index contributed by atoms with van der Waals surface area (Å²) in [5, 5.41) is 5.03. The van der Waals surface area contributed by atoms with Gasteiger partial charge < -0.3 is 8.83 Å². The van der Waals surface area contributed by atoms with E-state index >= 15 is 0 Å². The fraction of sp³-hybridized carbons (Fsp3) is 0.294. The minimum absolute atomic E-state index is 0.702. The molecule has 0 bridgehead atoms. The summed E-state index contributed by atoms with van der Waals surface area (Å²) in [4.78, 5) is 8.48. The van der Waals surface area contributed by atoms with Crippen LogP contribution in [0, 0.1) is 0 Å². The fourth-order valence-electron chi connectivity index (χ4n) is 4.73. The number of rotatable bonds is 8. The number of halogens is 2. The van der Waals surface area contributed by atoms with Gasteiger partial charge in [0.1, 0.15) is 12.5 Å². The number of benzene rings is 2. The molecule has 2 heterocycles. The monoisotopic (exact) mass is 694 g/mol. The van der Waals surface area contributed by atoms with E-state index in [1.807, 2.05) is 0 Å². The van der Waals surface area contributed by atoms with E-state index in [0.29, 0.717) is 11.8 Å². The van der Waals surface area contributed by atoms with Gasteiger partial charge in [0.15, 0.2) is 0 Å². The molecule has 0 unspecified atom stereocenters. The van der Waals surface area contributed by atoms with Gasteiger partial charge >= 0.3 is 37.9 Å². The van der Waals surface area contributed by atoms with Crippen LogP contribution in [0.25, 0.3) is 44.5 Å². The molecule has 6 aromatic rings. The summed E-state index contributed by atoms with van der Waals surface area (Å²) in [6, 6.07) is 21.6. The molecular formula is C34H38Cl2N2O2SiZr. The van der Waals surface area contributed by atoms with Gasteiger partial charge in [0.25, 0.3) is 0 Å². The van der Waals surface area contributed by atoms with Crippen LogP contribution in [0.3, 0.4) is 0 Å². The van der Waals surface area contributed by atoms with Crippen molar-refractivity contribution in [1.29, 1.82) is 0 Å². The van der Waals surface area contributed by atoms with E-state index < -0.39 is 20.8 Å². The Bertz CT molecular complexity index is 1440. The van der Waals surface area contributed by atoms with Gasteiger partial charge in [-0.25, -0.2) is 9.97 Å². The predicted molar refractivity (Wildman–Crippen MR) is 176 cm³/mol. The Balaban J connectivity index is 0.000000195. The van der Waals surface area contributed by atoms with E-state index in [-0.39, 0.29) is 0 Å². The molecule has 0 saturated carbocycles. The van der Waals surface area contributed by atoms with Gasteiger partial charge in [0.2, 0.25) is 11.8 Å². The molecular weight excluding hydrogens is 659 g/mol. The second-order valence-corrected chi connectivity index (χ2v) is 14.5. The van der Waals surface area contributed by atoms with Crippen LogP contribution in [0.2, 0.25) is 13.1 Å². The Morgan fingerprint density at radius 3 is 1.48 bits per heavy atom. The topological polar surface area (TPSA) is 52.1 Å². The van der Waals surface area contributed by atoms with Crippen LogP contribution < -0.4 is 0 Å². The first-order chi connectivity index (χ1) is 20.6. The van der Waals surface area contributed by atoms with Crippen LogP contribution in [0.4, 0.5) is 0 Å². The molecule has 0 aliphatic carbocycles. The zero-order valence-corrected chi connectivity index (χ0v) is 29.8. The van der Waals surface area contributed by atoms with Crippen molar-refractivity contribution >= 4 is 48.1 Å². The summed E-state index contributed by atoms with van der Waals surface area (Å²) in [6.45, 7) is 8.75. The van der Waals surface area contributed by atoms with E-state index in [4.69, 9.17) is 25.9 Å². The third kappa shape index (κ3) is 9.91. The van der Waals surface area contributed by atoms with Crippen molar-refractivity contribution in [1.82, 2.24) is 9.97 Å². The zero-order valence-electron chi connectivity index (χ0n) is 24.8. The van der Waals surface area contributed by atoms with Gasteiger partial charge in [-0.2, -0.15) is 12.1 Å². The first-order valence-corrected chi connectivity index (χ1v) is 22.6. The van der Waals surface area contributed by atoms with Crippen molar-refractivity contribution in [2.24, 2.45) is 0 Å². The molecule has 0 fully saturated rings. The maximum absolute atomic E-state index is 5.41. The number of aromatic nitrogens is 2. The Labute approximate surface area is 271 Å². The Morgan fingerprint density at radius 1 is 0.738 bits per heavy atom. The minimum atomic E-state index is -0.826. The van der Waals surface area contributed by atoms with Crippen molar-refractivity contribution < 1.29 is 29.7 Å². The molecule has 42 heavy (non-hydrogen) atoms. The number of aryl methyl sites for hydroxylation is 2. The van der Waals surface area contributed by atoms with Crippen LogP contribution in [0.1, 0.15) is 50.7 Å². The fourth-order valence-corrected chi connectivity index (χ4v) is 4.73. The van der Waals surface area contributed by atoms with Gasteiger partial charge in [0, 0.05) is 9.52 Å². The van der Waals surface area contributed by atoms with E-state index in [9.17, 15) is 0 Å². The Kier molecular flexibility index (Phi) is 15.6. The first kappa shape index (κ1) is 34.3. The molecule has 0 aliphatic rings. The molecule has 218 valence electrons. The third-order valence-electron chi connectivity index (χ3n) is 6.58. The van der Waals surface area contributed by atoms with Crippen LogP contribution in [-0.2, 0) is 33.7 Å². The standard InChI is InChI=1S/2C16H16NO.C2H6Si.2ClH.Zr/c2*1-2-3-5-12-10-13-6-4-7-14(15(13)11-12)16-17-8-9-18-16;1-3-2;;;/h2*4,6-11H,2-3,5H2,1H3;1-2H3;2*1H;/q2*-1;;;;+4/p-2. The average Bonchev–Trinajstić information content (AvgIpc) is 3.82. The summed E-state index contributed by atoms with van der Waals surface area (Å²) in [5.41, 5.74) is 4.98. The summed E-state index contributed by atoms with van der Waals surface area (Å²) < 4.78 is 10.8. The van der Waals surface area contributed by atoms with E-state index in [1.54, 1.807) is 24.9 Å². The van der Waals surface area contributed by atoms with Crippen molar-refractivity contribution in [3.8, 4) is 22.9 Å². The van der Waals surface area contributed by atoms with Crippen molar-refractivity contribution in [3.63, 3.8) is 0 Å². The van der Waals surface area contributed by atoms with Crippen molar-refractivity contribution in [2.75, 3.05) is 0 Å². The average molecular weight is 697 g/mol. The molecule has 0 saturated heterocycles. The summed E-state index contributed by atoms with van der Waals surface area (Å²) in [5.74, 6) is 1.40. The SMILES string of the molecule is CCCCc1cc2c(-c3ncco3)cccc2[cH-]1.CCCCc1cc2c(-c3ncco3)cccc2[cH-]1.C[Si]C.[Cl][Zr+2][Cl]. The van der Waals surface area contributed by atoms with Crippen LogP contribution >= 0.6 is 17.0 Å². The number of unbranched alkanes of at least 4 members (excludes halogenated alkanes) is 2. The molecule has 0 N–H and O–H groups in total. The molecule has 2 aromatic heterocycles. The maximum atomic E-state index is 5.41. The number of hydrogen-bond acceptors (Lipinski definition) is 4. The van der Waals surface area contributed by atoms with E-state index in [0.717, 1.165) is 33.5 Å². The van der Waals surface area contributed by atoms with Gasteiger partial charge in [-0.1, -0.05) is 64.8 Å². The number of oxazole rings is 2. The van der Waals surface area contributed by atoms with E-state index in [1.165, 1.54) is 58.4 Å². The zero-order chi connectivity index (χ0) is 30.2. The molecule has 0 amide bonds. The quantitative estimate of drug-likeness (QED) is 0.117. The molecule has 4 nitrogen and oxygen atoms in total. The molecule has 8 heteroatoms. The van der Waals surface area contributed by atoms with Crippen molar-refractivity contribution in [3.05, 3.63) is 96.7 Å². The first-order valence-electron chi connectivity index (χ1n) is 14.3. The summed E-state index contributed by atoms with van der Waals surface area (Å²) in [7, 11) is 11.0. The van der Waals surface area contributed by atoms with Crippen LogP contribution in [0.15, 0.2) is 94.4 Å². The van der Waals surface area contributed by atoms with Crippen LogP contribution in [0.5, 0.6) is 0 Å². The normalized spacial score (nSPS) is 10.2. The predicted octanol–water partition coefficient (Wildman–Crippen LogP) is 11.3. The summed E-state index contributed by atoms with van der Waals surface area (Å²) >= 11 is -0.826. The molecule has 2 radical (unpaired) electrons. The van der Waals surface area contributed by atoms with Crippen LogP contribution in [-0.4, -0.2) is 19.5 Å². The van der Waals surface area contributed by atoms with Gasteiger partial charge in [0.05, 0.1) is 12.4 Å². The van der Waals surface area contributed by atoms with Gasteiger partial charge in [-0.05, 0) is 24.0 Å². The molecule has 6 rings (SSSR count). The second kappa shape index (κ2) is 19.1. The molecule has 0 atom stereocenters. The van der Waals surface area contributed by atoms with E-state index in [2.05, 4.69) is 97.6 Å². The van der Waals surface area contributed by atoms with Crippen molar-refractivity contribution in [2.45, 2.75) is 65.5 Å². The third-order valence-corrected chi connectivity index (χ3v) is 6.58. The molecule has 0 spiro atoms. The second-order valence-electron chi connectivity index (χ2n) is 9.80.